The Morgan fingerprint density at radius 2 is 1.03 bits per heavy atom. The molecule has 0 saturated carbocycles. The molecule has 0 aliphatic carbocycles. The summed E-state index contributed by atoms with van der Waals surface area (Å²) in [5, 5.41) is 0. The van der Waals surface area contributed by atoms with Gasteiger partial charge < -0.3 is 28.4 Å². The maximum atomic E-state index is 6.14. The van der Waals surface area contributed by atoms with Crippen LogP contribution in [0.2, 0.25) is 0 Å². The van der Waals surface area contributed by atoms with Gasteiger partial charge >= 0.3 is 0 Å². The number of anilines is 2. The molecule has 62 heavy (non-hydrogen) atoms. The van der Waals surface area contributed by atoms with E-state index in [0.717, 1.165) is 75.4 Å². The minimum atomic E-state index is 0.655. The molecule has 0 spiro atoms. The molecule has 16 nitrogen and oxygen atoms in total. The smallest absolute Gasteiger partial charge is 0.299 e. The predicted octanol–water partition coefficient (Wildman–Crippen LogP) is 8.32. The molecule has 322 valence electrons. The van der Waals surface area contributed by atoms with Gasteiger partial charge in [-0.2, -0.15) is 9.97 Å². The van der Waals surface area contributed by atoms with Gasteiger partial charge in [0.25, 0.3) is 12.0 Å². The van der Waals surface area contributed by atoms with Crippen LogP contribution in [0.1, 0.15) is 64.2 Å². The van der Waals surface area contributed by atoms with Crippen LogP contribution in [0.5, 0.6) is 0 Å². The number of pyridine rings is 2. The van der Waals surface area contributed by atoms with Crippen molar-refractivity contribution in [1.82, 2.24) is 58.5 Å². The van der Waals surface area contributed by atoms with Crippen LogP contribution in [0.3, 0.4) is 0 Å². The lowest BCUT2D eigenvalue weighted by molar-refractivity contribution is 0.140. The summed E-state index contributed by atoms with van der Waals surface area (Å²) in [4.78, 5) is 44.5. The van der Waals surface area contributed by atoms with Gasteiger partial charge in [0.1, 0.15) is 4.60 Å². The second-order valence-electron chi connectivity index (χ2n) is 16.5. The first kappa shape index (κ1) is 41.0. The molecule has 0 unspecified atom stereocenters. The molecule has 0 amide bonds. The van der Waals surface area contributed by atoms with E-state index in [1.807, 2.05) is 45.7 Å². The fourth-order valence-electron chi connectivity index (χ4n) is 9.28. The van der Waals surface area contributed by atoms with Gasteiger partial charge in [0, 0.05) is 91.5 Å². The zero-order valence-corrected chi connectivity index (χ0v) is 37.8. The van der Waals surface area contributed by atoms with Crippen molar-refractivity contribution in [2.75, 3.05) is 62.2 Å². The van der Waals surface area contributed by atoms with E-state index in [1.54, 1.807) is 37.2 Å². The molecular weight excluding hydrogens is 916 g/mol. The van der Waals surface area contributed by atoms with Crippen LogP contribution in [0.15, 0.2) is 92.0 Å². The van der Waals surface area contributed by atoms with Gasteiger partial charge in [-0.1, -0.05) is 12.8 Å². The molecular formula is C44H50Br2N14O2. The normalized spacial score (nSPS) is 18.6. The standard InChI is InChI=1S/C22H25N7O.C16H21BrN4O.C6H4BrN3/c1-2-7-27(8-3-1)17-4-9-28(10-5-17)22-26-21-19(30-22)12-16(13-25-21)18-14-24-20-15-23-6-11-29(18)20;17-12-10-14-15(18-11-12)19-16(22-14)21-8-4-13(5-9-21)20-6-2-1-3-7-20;7-5-3-9-6-4-8-1-2-10(5)6/h6,11-15,17H,1-5,7-10H2;10-11,13H,1-9H2;1-4H. The minimum absolute atomic E-state index is 0.655. The molecule has 0 radical (unpaired) electrons. The maximum Gasteiger partial charge on any atom is 0.299 e. The van der Waals surface area contributed by atoms with Crippen LogP contribution < -0.4 is 9.80 Å². The Hall–Kier alpha value is -5.04. The Balaban J connectivity index is 0.000000125. The van der Waals surface area contributed by atoms with E-state index >= 15 is 0 Å². The number of hydrogen-bond acceptors (Lipinski definition) is 14. The summed E-state index contributed by atoms with van der Waals surface area (Å²) in [5.41, 5.74) is 6.39. The molecule has 4 aliphatic rings. The van der Waals surface area contributed by atoms with E-state index in [1.165, 1.54) is 90.4 Å². The van der Waals surface area contributed by atoms with Crippen molar-refractivity contribution >= 4 is 77.6 Å². The Morgan fingerprint density at radius 1 is 0.516 bits per heavy atom. The molecule has 4 saturated heterocycles. The van der Waals surface area contributed by atoms with Crippen molar-refractivity contribution < 1.29 is 8.83 Å². The lowest BCUT2D eigenvalue weighted by Crippen LogP contribution is -2.46. The monoisotopic (exact) mass is 964 g/mol. The Kier molecular flexibility index (Phi) is 12.4. The highest BCUT2D eigenvalue weighted by molar-refractivity contribution is 9.10. The van der Waals surface area contributed by atoms with Crippen molar-refractivity contribution in [2.24, 2.45) is 0 Å². The molecule has 0 bridgehead atoms. The molecule has 8 aromatic heterocycles. The van der Waals surface area contributed by atoms with Gasteiger partial charge in [0.05, 0.1) is 30.5 Å². The van der Waals surface area contributed by atoms with Crippen LogP contribution in [0, 0.1) is 0 Å². The third-order valence-corrected chi connectivity index (χ3v) is 13.6. The number of aromatic nitrogens is 10. The largest absolute Gasteiger partial charge is 0.422 e. The molecule has 8 aromatic rings. The van der Waals surface area contributed by atoms with E-state index in [0.29, 0.717) is 28.9 Å². The number of imidazole rings is 2. The second-order valence-corrected chi connectivity index (χ2v) is 18.2. The average Bonchev–Trinajstić information content (AvgIpc) is 4.15. The molecule has 12 heterocycles. The summed E-state index contributed by atoms with van der Waals surface area (Å²) < 4.78 is 17.8. The number of hydrogen-bond donors (Lipinski definition) is 0. The lowest BCUT2D eigenvalue weighted by Gasteiger charge is -2.39. The minimum Gasteiger partial charge on any atom is -0.422 e. The van der Waals surface area contributed by atoms with E-state index in [4.69, 9.17) is 8.83 Å². The molecule has 0 N–H and O–H groups in total. The van der Waals surface area contributed by atoms with E-state index in [2.05, 4.69) is 91.3 Å². The topological polar surface area (TPSA) is 151 Å². The summed E-state index contributed by atoms with van der Waals surface area (Å²) >= 11 is 6.76. The number of likely N-dealkylation sites (tertiary alicyclic amines) is 2. The summed E-state index contributed by atoms with van der Waals surface area (Å²) in [6, 6.07) is 6.79. The second kappa shape index (κ2) is 18.7. The number of nitrogens with zero attached hydrogens (tertiary/aromatic N) is 14. The van der Waals surface area contributed by atoms with Crippen molar-refractivity contribution in [2.45, 2.75) is 76.3 Å². The van der Waals surface area contributed by atoms with E-state index < -0.39 is 0 Å². The van der Waals surface area contributed by atoms with Crippen LogP contribution >= 0.6 is 31.9 Å². The highest BCUT2D eigenvalue weighted by Gasteiger charge is 2.29. The van der Waals surface area contributed by atoms with Crippen LogP contribution in [-0.4, -0.2) is 123 Å². The molecule has 12 rings (SSSR count). The fourth-order valence-corrected chi connectivity index (χ4v) is 9.99. The lowest BCUT2D eigenvalue weighted by atomic mass is 10.0. The number of rotatable bonds is 5. The zero-order valence-electron chi connectivity index (χ0n) is 34.6. The van der Waals surface area contributed by atoms with Gasteiger partial charge in [-0.05, 0) is 115 Å². The number of fused-ring (bicyclic) bond motifs is 4. The van der Waals surface area contributed by atoms with E-state index in [9.17, 15) is 0 Å². The van der Waals surface area contributed by atoms with Crippen molar-refractivity contribution in [3.05, 3.63) is 83.2 Å². The first-order valence-corrected chi connectivity index (χ1v) is 23.5. The summed E-state index contributed by atoms with van der Waals surface area (Å²) in [7, 11) is 0. The summed E-state index contributed by atoms with van der Waals surface area (Å²) in [6.45, 7) is 9.11. The third-order valence-electron chi connectivity index (χ3n) is 12.6. The zero-order chi connectivity index (χ0) is 41.8. The quantitative estimate of drug-likeness (QED) is 0.163. The highest BCUT2D eigenvalue weighted by atomic mass is 79.9. The van der Waals surface area contributed by atoms with Crippen LogP contribution in [-0.2, 0) is 0 Å². The van der Waals surface area contributed by atoms with Crippen molar-refractivity contribution in [3.63, 3.8) is 0 Å². The van der Waals surface area contributed by atoms with Crippen molar-refractivity contribution in [3.8, 4) is 11.3 Å². The summed E-state index contributed by atoms with van der Waals surface area (Å²) in [6.07, 6.45) is 30.9. The average molecular weight is 967 g/mol. The third kappa shape index (κ3) is 9.05. The number of oxazole rings is 2. The SMILES string of the molecule is Brc1cnc2cnccn12.Brc1cnc2nc(N3CCC(N4CCCCC4)CC3)oc2c1.c1cn2c(-c3cnc4nc(N5CCC(N6CCCCC6)CC5)oc4c3)cnc2cn1. The first-order valence-electron chi connectivity index (χ1n) is 21.9. The number of piperidine rings is 4. The van der Waals surface area contributed by atoms with Gasteiger partial charge in [-0.15, -0.1) is 0 Å². The van der Waals surface area contributed by atoms with Gasteiger partial charge in [0.2, 0.25) is 11.3 Å². The Morgan fingerprint density at radius 3 is 1.61 bits per heavy atom. The molecule has 4 fully saturated rings. The molecule has 0 aromatic carbocycles. The van der Waals surface area contributed by atoms with Gasteiger partial charge in [0.15, 0.2) is 22.5 Å². The van der Waals surface area contributed by atoms with E-state index in [-0.39, 0.29) is 0 Å². The molecule has 18 heteroatoms. The first-order chi connectivity index (χ1) is 30.5. The fraction of sp³-hybridized carbons (Fsp3) is 0.455. The van der Waals surface area contributed by atoms with Crippen molar-refractivity contribution in [1.29, 1.82) is 0 Å². The maximum absolute atomic E-state index is 6.14. The Labute approximate surface area is 376 Å². The number of halogens is 2. The molecule has 0 atom stereocenters. The molecule has 4 aliphatic heterocycles. The van der Waals surface area contributed by atoms with Crippen LogP contribution in [0.4, 0.5) is 12.0 Å². The highest BCUT2D eigenvalue weighted by Crippen LogP contribution is 2.30. The van der Waals surface area contributed by atoms with Gasteiger partial charge in [-0.25, -0.2) is 19.9 Å². The summed E-state index contributed by atoms with van der Waals surface area (Å²) in [5.74, 6) is 0. The van der Waals surface area contributed by atoms with Gasteiger partial charge in [-0.3, -0.25) is 18.8 Å². The Bertz CT molecular complexity index is 2720. The predicted molar refractivity (Wildman–Crippen MR) is 245 cm³/mol. The van der Waals surface area contributed by atoms with Crippen LogP contribution in [0.25, 0.3) is 45.0 Å².